The topological polar surface area (TPSA) is 109 Å². The first kappa shape index (κ1) is 35.1. The standard InChI is InChI=1S/C40H41Cl2N5O4/c41-34-18-28(23-45-24-29-9-12-39(48)46-29)37(50-25-27-17-26(20-43)21-44-22-27)19-38(34)51-35-11-10-31-30(5-1-6-32(31)35)33-7-2-8-36(40(33)42)49-16-4-15-47-13-3-14-47/h1-2,5-8,17-19,21-22,29,35,45H,3-4,9-16,23-25H2,(H,46,48)/t29-,35-/m0/s1. The van der Waals surface area contributed by atoms with E-state index in [4.69, 9.17) is 37.4 Å². The highest BCUT2D eigenvalue weighted by Gasteiger charge is 2.29. The largest absolute Gasteiger partial charge is 0.492 e. The molecule has 1 aliphatic carbocycles. The number of nitriles is 1. The first-order valence-electron chi connectivity index (χ1n) is 17.7. The smallest absolute Gasteiger partial charge is 0.220 e. The van der Waals surface area contributed by atoms with Crippen molar-refractivity contribution in [2.24, 2.45) is 0 Å². The lowest BCUT2D eigenvalue weighted by atomic mass is 9.96. The molecule has 2 fully saturated rings. The Balaban J connectivity index is 1.08. The number of pyridine rings is 1. The lowest BCUT2D eigenvalue weighted by Gasteiger charge is -2.30. The number of ether oxygens (including phenoxy) is 3. The third-order valence-corrected chi connectivity index (χ3v) is 10.5. The summed E-state index contributed by atoms with van der Waals surface area (Å²) in [5.41, 5.74) is 6.44. The van der Waals surface area contributed by atoms with Crippen molar-refractivity contribution in [3.63, 3.8) is 0 Å². The van der Waals surface area contributed by atoms with E-state index in [1.54, 1.807) is 12.3 Å². The van der Waals surface area contributed by atoms with Crippen molar-refractivity contribution in [2.75, 3.05) is 32.8 Å². The van der Waals surface area contributed by atoms with Crippen LogP contribution in [0.1, 0.15) is 66.0 Å². The molecule has 9 nitrogen and oxygen atoms in total. The van der Waals surface area contributed by atoms with E-state index in [0.717, 1.165) is 60.0 Å². The fourth-order valence-corrected chi connectivity index (χ4v) is 7.50. The SMILES string of the molecule is N#Cc1cncc(COc2cc(O[C@H]3CCc4c(-c5cccc(OCCCN6CCC6)c5Cl)cccc43)c(Cl)cc2CNC[C@@H]2CCC(=O)N2)c1. The Bertz CT molecular complexity index is 1930. The zero-order valence-corrected chi connectivity index (χ0v) is 29.9. The number of aromatic nitrogens is 1. The van der Waals surface area contributed by atoms with Gasteiger partial charge in [0.1, 0.15) is 36.0 Å². The molecule has 11 heteroatoms. The number of likely N-dealkylation sites (tertiary alicyclic amines) is 1. The van der Waals surface area contributed by atoms with Gasteiger partial charge in [0.05, 0.1) is 22.2 Å². The molecule has 0 bridgehead atoms. The second-order valence-electron chi connectivity index (χ2n) is 13.3. The quantitative estimate of drug-likeness (QED) is 0.122. The fraction of sp³-hybridized carbons (Fsp3) is 0.375. The van der Waals surface area contributed by atoms with Crippen LogP contribution in [0.5, 0.6) is 17.2 Å². The molecular weight excluding hydrogens is 685 g/mol. The highest BCUT2D eigenvalue weighted by atomic mass is 35.5. The molecule has 0 saturated carbocycles. The maximum atomic E-state index is 11.7. The maximum Gasteiger partial charge on any atom is 0.220 e. The average molecular weight is 727 g/mol. The second-order valence-corrected chi connectivity index (χ2v) is 14.1. The number of fused-ring (bicyclic) bond motifs is 1. The van der Waals surface area contributed by atoms with E-state index in [2.05, 4.69) is 44.8 Å². The number of halogens is 2. The molecule has 264 valence electrons. The van der Waals surface area contributed by atoms with Crippen molar-refractivity contribution in [1.29, 1.82) is 5.26 Å². The van der Waals surface area contributed by atoms with Gasteiger partial charge < -0.3 is 29.7 Å². The van der Waals surface area contributed by atoms with Gasteiger partial charge in [-0.25, -0.2) is 0 Å². The van der Waals surface area contributed by atoms with Gasteiger partial charge in [-0.2, -0.15) is 5.26 Å². The summed E-state index contributed by atoms with van der Waals surface area (Å²) in [4.78, 5) is 18.3. The molecule has 2 saturated heterocycles. The van der Waals surface area contributed by atoms with Crippen LogP contribution in [0, 0.1) is 11.3 Å². The Labute approximate surface area is 308 Å². The van der Waals surface area contributed by atoms with E-state index in [1.165, 1.54) is 31.3 Å². The summed E-state index contributed by atoms with van der Waals surface area (Å²) >= 11 is 13.9. The normalized spacial score (nSPS) is 18.1. The molecule has 7 rings (SSSR count). The highest BCUT2D eigenvalue weighted by molar-refractivity contribution is 6.35. The number of rotatable bonds is 15. The summed E-state index contributed by atoms with van der Waals surface area (Å²) < 4.78 is 19.1. The molecule has 4 aromatic rings. The average Bonchev–Trinajstić information content (AvgIpc) is 3.74. The number of nitrogens with zero attached hydrogens (tertiary/aromatic N) is 3. The van der Waals surface area contributed by atoms with Crippen LogP contribution in [0.2, 0.25) is 10.0 Å². The van der Waals surface area contributed by atoms with Crippen LogP contribution in [0.3, 0.4) is 0 Å². The van der Waals surface area contributed by atoms with E-state index >= 15 is 0 Å². The monoisotopic (exact) mass is 725 g/mol. The van der Waals surface area contributed by atoms with Crippen LogP contribution in [0.25, 0.3) is 11.1 Å². The number of carbonyl (C=O) groups is 1. The summed E-state index contributed by atoms with van der Waals surface area (Å²) in [7, 11) is 0. The lowest BCUT2D eigenvalue weighted by molar-refractivity contribution is -0.119. The van der Waals surface area contributed by atoms with E-state index in [0.29, 0.717) is 59.0 Å². The predicted molar refractivity (Wildman–Crippen MR) is 197 cm³/mol. The summed E-state index contributed by atoms with van der Waals surface area (Å²) in [6.07, 6.45) is 8.22. The molecular formula is C40H41Cl2N5O4. The van der Waals surface area contributed by atoms with E-state index in [-0.39, 0.29) is 24.7 Å². The molecule has 3 heterocycles. The first-order valence-corrected chi connectivity index (χ1v) is 18.4. The van der Waals surface area contributed by atoms with Crippen LogP contribution >= 0.6 is 23.2 Å². The van der Waals surface area contributed by atoms with E-state index in [9.17, 15) is 10.1 Å². The van der Waals surface area contributed by atoms with Crippen molar-refractivity contribution in [3.8, 4) is 34.4 Å². The van der Waals surface area contributed by atoms with Gasteiger partial charge in [0.15, 0.2) is 0 Å². The van der Waals surface area contributed by atoms with E-state index < -0.39 is 0 Å². The highest BCUT2D eigenvalue weighted by Crippen LogP contribution is 2.45. The molecule has 2 N–H and O–H groups in total. The van der Waals surface area contributed by atoms with Gasteiger partial charge in [-0.3, -0.25) is 9.78 Å². The van der Waals surface area contributed by atoms with Gasteiger partial charge in [-0.1, -0.05) is 53.5 Å². The molecule has 1 amide bonds. The molecule has 2 aliphatic heterocycles. The van der Waals surface area contributed by atoms with Gasteiger partial charge in [-0.15, -0.1) is 0 Å². The Morgan fingerprint density at radius 2 is 1.84 bits per heavy atom. The molecule has 0 spiro atoms. The van der Waals surface area contributed by atoms with Gasteiger partial charge >= 0.3 is 0 Å². The number of benzene rings is 3. The minimum Gasteiger partial charge on any atom is -0.492 e. The van der Waals surface area contributed by atoms with Gasteiger partial charge in [-0.05, 0) is 80.1 Å². The van der Waals surface area contributed by atoms with Crippen molar-refractivity contribution in [3.05, 3.63) is 105 Å². The minimum atomic E-state index is -0.212. The zero-order valence-electron chi connectivity index (χ0n) is 28.4. The number of hydrogen-bond donors (Lipinski definition) is 2. The maximum absolute atomic E-state index is 11.7. The third-order valence-electron chi connectivity index (χ3n) is 9.79. The Kier molecular flexibility index (Phi) is 11.2. The van der Waals surface area contributed by atoms with Crippen LogP contribution in [0.15, 0.2) is 67.0 Å². The van der Waals surface area contributed by atoms with Gasteiger partial charge in [0.2, 0.25) is 5.91 Å². The first-order chi connectivity index (χ1) is 24.9. The number of amides is 1. The van der Waals surface area contributed by atoms with Crippen molar-refractivity contribution in [1.82, 2.24) is 20.5 Å². The van der Waals surface area contributed by atoms with E-state index in [1.807, 2.05) is 30.3 Å². The van der Waals surface area contributed by atoms with Crippen molar-refractivity contribution < 1.29 is 19.0 Å². The molecule has 0 radical (unpaired) electrons. The second kappa shape index (κ2) is 16.3. The fourth-order valence-electron chi connectivity index (χ4n) is 6.99. The number of hydrogen-bond acceptors (Lipinski definition) is 8. The molecule has 51 heavy (non-hydrogen) atoms. The van der Waals surface area contributed by atoms with Crippen molar-refractivity contribution >= 4 is 29.1 Å². The van der Waals surface area contributed by atoms with Crippen LogP contribution in [0.4, 0.5) is 0 Å². The van der Waals surface area contributed by atoms with Crippen LogP contribution in [-0.2, 0) is 24.4 Å². The number of nitrogens with one attached hydrogen (secondary N) is 2. The van der Waals surface area contributed by atoms with Crippen LogP contribution < -0.4 is 24.8 Å². The Hall–Kier alpha value is -4.33. The van der Waals surface area contributed by atoms with Crippen molar-refractivity contribution in [2.45, 2.75) is 63.8 Å². The summed E-state index contributed by atoms with van der Waals surface area (Å²) in [5.74, 6) is 1.92. The predicted octanol–water partition coefficient (Wildman–Crippen LogP) is 7.42. The lowest BCUT2D eigenvalue weighted by Crippen LogP contribution is -2.38. The summed E-state index contributed by atoms with van der Waals surface area (Å²) in [6.45, 7) is 5.38. The van der Waals surface area contributed by atoms with Gasteiger partial charge in [0.25, 0.3) is 0 Å². The molecule has 3 aliphatic rings. The Morgan fingerprint density at radius 3 is 2.65 bits per heavy atom. The molecule has 3 aromatic carbocycles. The molecule has 0 unspecified atom stereocenters. The van der Waals surface area contributed by atoms with Gasteiger partial charge in [0, 0.05) is 67.2 Å². The third kappa shape index (κ3) is 8.43. The summed E-state index contributed by atoms with van der Waals surface area (Å²) in [5, 5.41) is 16.9. The minimum absolute atomic E-state index is 0.0816. The van der Waals surface area contributed by atoms with Crippen LogP contribution in [-0.4, -0.2) is 54.6 Å². The number of carbonyl (C=O) groups excluding carboxylic acids is 1. The molecule has 2 atom stereocenters. The Morgan fingerprint density at radius 1 is 0.980 bits per heavy atom. The summed E-state index contributed by atoms with van der Waals surface area (Å²) in [6, 6.07) is 20.0. The zero-order chi connectivity index (χ0) is 35.2. The molecule has 1 aromatic heterocycles.